The fraction of sp³-hybridized carbons (Fsp3) is 0.476. The van der Waals surface area contributed by atoms with Crippen molar-refractivity contribution in [3.63, 3.8) is 0 Å². The number of nitrogens with two attached hydrogens (primary N) is 1. The molecule has 3 N–H and O–H groups in total. The molecule has 1 unspecified atom stereocenters. The molecule has 1 fully saturated rings. The molecule has 1 aliphatic carbocycles. The van der Waals surface area contributed by atoms with Gasteiger partial charge in [0.05, 0.1) is 25.0 Å². The summed E-state index contributed by atoms with van der Waals surface area (Å²) >= 11 is 0. The topological polar surface area (TPSA) is 107 Å². The molecule has 0 radical (unpaired) electrons. The third-order valence-electron chi connectivity index (χ3n) is 6.12. The van der Waals surface area contributed by atoms with Crippen molar-refractivity contribution in [2.75, 3.05) is 25.5 Å². The number of hydrogen-bond acceptors (Lipinski definition) is 8. The third kappa shape index (κ3) is 2.96. The first-order valence-electron chi connectivity index (χ1n) is 10.6. The lowest BCUT2D eigenvalue weighted by molar-refractivity contribution is 0.228. The van der Waals surface area contributed by atoms with Crippen LogP contribution in [0.1, 0.15) is 48.2 Å². The Morgan fingerprint density at radius 3 is 3.03 bits per heavy atom. The van der Waals surface area contributed by atoms with E-state index in [-0.39, 0.29) is 0 Å². The number of nitrogens with one attached hydrogen (secondary N) is 1. The van der Waals surface area contributed by atoms with Crippen molar-refractivity contribution < 1.29 is 9.15 Å². The molecule has 3 aliphatic rings. The van der Waals surface area contributed by atoms with Gasteiger partial charge in [-0.2, -0.15) is 5.10 Å². The molecule has 1 saturated carbocycles. The van der Waals surface area contributed by atoms with Crippen LogP contribution in [-0.4, -0.2) is 44.8 Å². The minimum atomic E-state index is -0.474. The summed E-state index contributed by atoms with van der Waals surface area (Å²) in [6.45, 7) is 2.66. The summed E-state index contributed by atoms with van der Waals surface area (Å²) in [5.41, 5.74) is 9.24. The normalized spacial score (nSPS) is 20.3. The zero-order chi connectivity index (χ0) is 20.2. The van der Waals surface area contributed by atoms with Crippen molar-refractivity contribution in [2.45, 2.75) is 44.4 Å². The smallest absolute Gasteiger partial charge is 0.197 e. The van der Waals surface area contributed by atoms with Crippen molar-refractivity contribution in [3.8, 4) is 17.1 Å². The maximum atomic E-state index is 6.29. The number of fused-ring (bicyclic) bond motifs is 4. The molecule has 9 nitrogen and oxygen atoms in total. The first kappa shape index (κ1) is 17.9. The predicted octanol–water partition coefficient (Wildman–Crippen LogP) is 2.26. The van der Waals surface area contributed by atoms with Crippen LogP contribution >= 0.6 is 0 Å². The summed E-state index contributed by atoms with van der Waals surface area (Å²) in [4.78, 5) is 11.9. The summed E-state index contributed by atoms with van der Waals surface area (Å²) in [7, 11) is 1.65. The highest BCUT2D eigenvalue weighted by molar-refractivity contribution is 5.80. The standard InChI is InChI=1S/C21H25N7O2/c1-29-15-4-2-3-13-18(15)25-21(22)28-19(13)24-17(26-28)8-10-27-9-7-14-16(11-27)30-20(23-14)12-5-6-12/h2-4,12,21,25H,5-11,22H2,1H3. The van der Waals surface area contributed by atoms with Crippen LogP contribution in [0.4, 0.5) is 5.69 Å². The Labute approximate surface area is 174 Å². The van der Waals surface area contributed by atoms with E-state index in [2.05, 4.69) is 15.3 Å². The Bertz CT molecular complexity index is 1100. The van der Waals surface area contributed by atoms with Gasteiger partial charge in [0.15, 0.2) is 23.8 Å². The molecule has 0 saturated heterocycles. The zero-order valence-corrected chi connectivity index (χ0v) is 17.0. The predicted molar refractivity (Wildman–Crippen MR) is 110 cm³/mol. The Morgan fingerprint density at radius 2 is 2.20 bits per heavy atom. The lowest BCUT2D eigenvalue weighted by Gasteiger charge is -2.26. The van der Waals surface area contributed by atoms with Gasteiger partial charge in [0.2, 0.25) is 0 Å². The van der Waals surface area contributed by atoms with E-state index in [0.29, 0.717) is 5.92 Å². The summed E-state index contributed by atoms with van der Waals surface area (Å²) in [6.07, 6.45) is 3.65. The number of ether oxygens (including phenoxy) is 1. The fourth-order valence-corrected chi connectivity index (χ4v) is 4.32. The van der Waals surface area contributed by atoms with E-state index in [1.165, 1.54) is 12.8 Å². The van der Waals surface area contributed by atoms with E-state index in [4.69, 9.17) is 24.9 Å². The maximum Gasteiger partial charge on any atom is 0.197 e. The summed E-state index contributed by atoms with van der Waals surface area (Å²) in [5, 5.41) is 7.93. The van der Waals surface area contributed by atoms with Crippen molar-refractivity contribution in [2.24, 2.45) is 5.73 Å². The van der Waals surface area contributed by atoms with Gasteiger partial charge in [-0.25, -0.2) is 14.6 Å². The number of nitrogens with zero attached hydrogens (tertiary/aromatic N) is 5. The second kappa shape index (κ2) is 6.82. The van der Waals surface area contributed by atoms with Crippen molar-refractivity contribution in [1.82, 2.24) is 24.6 Å². The average Bonchev–Trinajstić information content (AvgIpc) is 3.37. The van der Waals surface area contributed by atoms with E-state index in [1.807, 2.05) is 18.2 Å². The van der Waals surface area contributed by atoms with E-state index in [9.17, 15) is 0 Å². The molecule has 2 aliphatic heterocycles. The molecule has 30 heavy (non-hydrogen) atoms. The summed E-state index contributed by atoms with van der Waals surface area (Å²) in [5.74, 6) is 4.86. The molecule has 6 rings (SSSR count). The SMILES string of the molecule is COc1cccc2c1NC(N)n1nc(CCN3CCc4nc(C5CC5)oc4C3)nc1-2. The van der Waals surface area contributed by atoms with Crippen LogP contribution in [0.3, 0.4) is 0 Å². The van der Waals surface area contributed by atoms with Crippen molar-refractivity contribution in [1.29, 1.82) is 0 Å². The van der Waals surface area contributed by atoms with Crippen LogP contribution in [-0.2, 0) is 19.4 Å². The van der Waals surface area contributed by atoms with E-state index in [1.54, 1.807) is 11.8 Å². The Morgan fingerprint density at radius 1 is 1.30 bits per heavy atom. The summed E-state index contributed by atoms with van der Waals surface area (Å²) < 4.78 is 13.2. The second-order valence-electron chi connectivity index (χ2n) is 8.24. The number of oxazole rings is 1. The number of anilines is 1. The highest BCUT2D eigenvalue weighted by Gasteiger charge is 2.32. The Kier molecular flexibility index (Phi) is 4.07. The molecule has 0 bridgehead atoms. The van der Waals surface area contributed by atoms with E-state index >= 15 is 0 Å². The van der Waals surface area contributed by atoms with Gasteiger partial charge in [-0.3, -0.25) is 10.6 Å². The van der Waals surface area contributed by atoms with Gasteiger partial charge in [-0.1, -0.05) is 6.07 Å². The maximum absolute atomic E-state index is 6.29. The number of hydrogen-bond donors (Lipinski definition) is 2. The lowest BCUT2D eigenvalue weighted by Crippen LogP contribution is -2.32. The van der Waals surface area contributed by atoms with Gasteiger partial charge in [0, 0.05) is 37.4 Å². The number of methoxy groups -OCH3 is 1. The van der Waals surface area contributed by atoms with Crippen LogP contribution < -0.4 is 15.8 Å². The molecular weight excluding hydrogens is 382 g/mol. The molecule has 156 valence electrons. The highest BCUT2D eigenvalue weighted by Crippen LogP contribution is 2.41. The van der Waals surface area contributed by atoms with Crippen LogP contribution in [0.25, 0.3) is 11.4 Å². The first-order chi connectivity index (χ1) is 14.7. The number of para-hydroxylation sites is 1. The molecule has 0 amide bonds. The van der Waals surface area contributed by atoms with Gasteiger partial charge in [0.25, 0.3) is 0 Å². The third-order valence-corrected chi connectivity index (χ3v) is 6.12. The van der Waals surface area contributed by atoms with Gasteiger partial charge < -0.3 is 14.5 Å². The zero-order valence-electron chi connectivity index (χ0n) is 17.0. The number of rotatable bonds is 5. The minimum Gasteiger partial charge on any atom is -0.495 e. The van der Waals surface area contributed by atoms with E-state index < -0.39 is 6.29 Å². The quantitative estimate of drug-likeness (QED) is 0.663. The number of aromatic nitrogens is 4. The van der Waals surface area contributed by atoms with Crippen LogP contribution in [0.2, 0.25) is 0 Å². The van der Waals surface area contributed by atoms with Gasteiger partial charge in [0.1, 0.15) is 11.5 Å². The minimum absolute atomic E-state index is 0.474. The molecule has 3 aromatic rings. The molecule has 1 aromatic carbocycles. The second-order valence-corrected chi connectivity index (χ2v) is 8.24. The van der Waals surface area contributed by atoms with Gasteiger partial charge in [-0.05, 0) is 25.0 Å². The molecular formula is C21H25N7O2. The monoisotopic (exact) mass is 407 g/mol. The number of benzene rings is 1. The largest absolute Gasteiger partial charge is 0.495 e. The van der Waals surface area contributed by atoms with Gasteiger partial charge in [-0.15, -0.1) is 0 Å². The van der Waals surface area contributed by atoms with Crippen LogP contribution in [0.15, 0.2) is 22.6 Å². The first-order valence-corrected chi connectivity index (χ1v) is 10.6. The molecule has 1 atom stereocenters. The molecule has 2 aromatic heterocycles. The summed E-state index contributed by atoms with van der Waals surface area (Å²) in [6, 6.07) is 5.87. The lowest BCUT2D eigenvalue weighted by atomic mass is 10.1. The molecule has 0 spiro atoms. The van der Waals surface area contributed by atoms with Crippen molar-refractivity contribution >= 4 is 5.69 Å². The fourth-order valence-electron chi connectivity index (χ4n) is 4.32. The Hall–Kier alpha value is -2.91. The Balaban J connectivity index is 1.18. The average molecular weight is 407 g/mol. The van der Waals surface area contributed by atoms with Crippen LogP contribution in [0.5, 0.6) is 5.75 Å². The van der Waals surface area contributed by atoms with Crippen molar-refractivity contribution in [3.05, 3.63) is 41.4 Å². The van der Waals surface area contributed by atoms with Crippen LogP contribution in [0, 0.1) is 0 Å². The van der Waals surface area contributed by atoms with E-state index in [0.717, 1.165) is 78.5 Å². The highest BCUT2D eigenvalue weighted by atomic mass is 16.5. The van der Waals surface area contributed by atoms with Gasteiger partial charge >= 0.3 is 0 Å². The molecule has 9 heteroatoms. The molecule has 4 heterocycles.